The minimum absolute atomic E-state index is 0.0269. The van der Waals surface area contributed by atoms with Crippen molar-refractivity contribution in [2.24, 2.45) is 0 Å². The van der Waals surface area contributed by atoms with E-state index in [-0.39, 0.29) is 11.8 Å². The third-order valence-corrected chi connectivity index (χ3v) is 4.93. The number of para-hydroxylation sites is 1. The Morgan fingerprint density at radius 3 is 2.40 bits per heavy atom. The molecule has 8 nitrogen and oxygen atoms in total. The van der Waals surface area contributed by atoms with Gasteiger partial charge in [-0.1, -0.05) is 30.0 Å². The summed E-state index contributed by atoms with van der Waals surface area (Å²) >= 11 is 1.21. The molecule has 2 aromatic carbocycles. The number of nitrogens with one attached hydrogen (secondary N) is 2. The average molecular weight is 426 g/mol. The van der Waals surface area contributed by atoms with Gasteiger partial charge in [-0.05, 0) is 50.2 Å². The number of hydrogen-bond acceptors (Lipinski definition) is 6. The van der Waals surface area contributed by atoms with Crippen molar-refractivity contribution >= 4 is 23.7 Å². The van der Waals surface area contributed by atoms with Crippen molar-refractivity contribution < 1.29 is 14.3 Å². The van der Waals surface area contributed by atoms with Crippen LogP contribution in [0.4, 0.5) is 4.79 Å². The van der Waals surface area contributed by atoms with Crippen molar-refractivity contribution in [2.75, 3.05) is 12.9 Å². The smallest absolute Gasteiger partial charge is 0.321 e. The first-order valence-corrected chi connectivity index (χ1v) is 10.3. The van der Waals surface area contributed by atoms with E-state index in [1.54, 1.807) is 7.11 Å². The average Bonchev–Trinajstić information content (AvgIpc) is 3.16. The van der Waals surface area contributed by atoms with Crippen molar-refractivity contribution in [1.82, 2.24) is 25.4 Å². The summed E-state index contributed by atoms with van der Waals surface area (Å²) in [6.45, 7) is 3.64. The maximum atomic E-state index is 12.1. The standard InChI is InChI=1S/C21H23N5O3S/c1-14(2)22-20(28)23-18(27)13-30-21-25-24-19(15-9-11-17(29-3)12-10-15)26(21)16-7-5-4-6-8-16/h4-12,14H,13H2,1-3H3,(H2,22,23,27,28). The summed E-state index contributed by atoms with van der Waals surface area (Å²) in [6, 6.07) is 16.6. The fraction of sp³-hybridized carbons (Fsp3) is 0.238. The largest absolute Gasteiger partial charge is 0.497 e. The van der Waals surface area contributed by atoms with Crippen LogP contribution in [0, 0.1) is 0 Å². The van der Waals surface area contributed by atoms with E-state index < -0.39 is 11.9 Å². The van der Waals surface area contributed by atoms with E-state index in [1.807, 2.05) is 73.0 Å². The Balaban J connectivity index is 1.83. The fourth-order valence-electron chi connectivity index (χ4n) is 2.69. The zero-order valence-electron chi connectivity index (χ0n) is 17.0. The minimum atomic E-state index is -0.515. The molecule has 0 spiro atoms. The van der Waals surface area contributed by atoms with Gasteiger partial charge in [0.1, 0.15) is 5.75 Å². The van der Waals surface area contributed by atoms with Crippen LogP contribution in [0.5, 0.6) is 5.75 Å². The predicted octanol–water partition coefficient (Wildman–Crippen LogP) is 3.27. The van der Waals surface area contributed by atoms with Crippen molar-refractivity contribution in [1.29, 1.82) is 0 Å². The van der Waals surface area contributed by atoms with Gasteiger partial charge in [-0.15, -0.1) is 10.2 Å². The summed E-state index contributed by atoms with van der Waals surface area (Å²) in [7, 11) is 1.61. The highest BCUT2D eigenvalue weighted by atomic mass is 32.2. The molecule has 1 aromatic heterocycles. The Kier molecular flexibility index (Phi) is 7.08. The van der Waals surface area contributed by atoms with Gasteiger partial charge in [-0.2, -0.15) is 0 Å². The monoisotopic (exact) mass is 425 g/mol. The molecule has 0 aliphatic heterocycles. The normalized spacial score (nSPS) is 10.7. The Bertz CT molecular complexity index is 1000. The van der Waals surface area contributed by atoms with Crippen LogP contribution in [0.1, 0.15) is 13.8 Å². The summed E-state index contributed by atoms with van der Waals surface area (Å²) in [5, 5.41) is 14.1. The zero-order chi connectivity index (χ0) is 21.5. The van der Waals surface area contributed by atoms with Crippen LogP contribution in [0.25, 0.3) is 17.1 Å². The second-order valence-corrected chi connectivity index (χ2v) is 7.61. The van der Waals surface area contributed by atoms with E-state index in [9.17, 15) is 9.59 Å². The highest BCUT2D eigenvalue weighted by Crippen LogP contribution is 2.28. The zero-order valence-corrected chi connectivity index (χ0v) is 17.8. The second kappa shape index (κ2) is 9.93. The molecule has 156 valence electrons. The number of carbonyl (C=O) groups excluding carboxylic acids is 2. The molecule has 30 heavy (non-hydrogen) atoms. The molecule has 0 saturated heterocycles. The van der Waals surface area contributed by atoms with Gasteiger partial charge < -0.3 is 10.1 Å². The van der Waals surface area contributed by atoms with Gasteiger partial charge in [0.25, 0.3) is 0 Å². The quantitative estimate of drug-likeness (QED) is 0.564. The highest BCUT2D eigenvalue weighted by molar-refractivity contribution is 7.99. The molecule has 0 atom stereocenters. The molecule has 0 aliphatic carbocycles. The molecule has 0 bridgehead atoms. The number of urea groups is 1. The summed E-state index contributed by atoms with van der Waals surface area (Å²) < 4.78 is 7.10. The van der Waals surface area contributed by atoms with E-state index in [0.717, 1.165) is 17.0 Å². The van der Waals surface area contributed by atoms with Crippen LogP contribution >= 0.6 is 11.8 Å². The molecule has 3 amide bonds. The molecule has 0 aliphatic rings. The first-order valence-electron chi connectivity index (χ1n) is 9.36. The lowest BCUT2D eigenvalue weighted by atomic mass is 10.2. The van der Waals surface area contributed by atoms with E-state index in [4.69, 9.17) is 4.74 Å². The van der Waals surface area contributed by atoms with Gasteiger partial charge in [-0.25, -0.2) is 4.79 Å². The highest BCUT2D eigenvalue weighted by Gasteiger charge is 2.18. The maximum absolute atomic E-state index is 12.1. The van der Waals surface area contributed by atoms with Gasteiger partial charge in [-0.3, -0.25) is 14.7 Å². The van der Waals surface area contributed by atoms with E-state index in [2.05, 4.69) is 20.8 Å². The number of nitrogens with zero attached hydrogens (tertiary/aromatic N) is 3. The SMILES string of the molecule is COc1ccc(-c2nnc(SCC(=O)NC(=O)NC(C)C)n2-c2ccccc2)cc1. The van der Waals surface area contributed by atoms with Gasteiger partial charge in [0.2, 0.25) is 5.91 Å². The third kappa shape index (κ3) is 5.38. The fourth-order valence-corrected chi connectivity index (χ4v) is 3.44. The van der Waals surface area contributed by atoms with E-state index in [0.29, 0.717) is 11.0 Å². The minimum Gasteiger partial charge on any atom is -0.497 e. The Morgan fingerprint density at radius 1 is 1.07 bits per heavy atom. The molecule has 0 saturated carbocycles. The van der Waals surface area contributed by atoms with Crippen LogP contribution in [-0.4, -0.2) is 45.6 Å². The predicted molar refractivity (Wildman–Crippen MR) is 116 cm³/mol. The number of benzene rings is 2. The Labute approximate surface area is 179 Å². The number of aromatic nitrogens is 3. The number of hydrogen-bond donors (Lipinski definition) is 2. The molecule has 0 fully saturated rings. The third-order valence-electron chi connectivity index (χ3n) is 4.00. The summed E-state index contributed by atoms with van der Waals surface area (Å²) in [5.41, 5.74) is 1.73. The maximum Gasteiger partial charge on any atom is 0.321 e. The van der Waals surface area contributed by atoms with Crippen LogP contribution < -0.4 is 15.4 Å². The lowest BCUT2D eigenvalue weighted by Gasteiger charge is -2.11. The van der Waals surface area contributed by atoms with Crippen molar-refractivity contribution in [3.05, 3.63) is 54.6 Å². The molecule has 3 rings (SSSR count). The number of rotatable bonds is 7. The number of amides is 3. The van der Waals surface area contributed by atoms with E-state index >= 15 is 0 Å². The van der Waals surface area contributed by atoms with Crippen LogP contribution in [-0.2, 0) is 4.79 Å². The van der Waals surface area contributed by atoms with Gasteiger partial charge in [0.05, 0.1) is 12.9 Å². The summed E-state index contributed by atoms with van der Waals surface area (Å²) in [5.74, 6) is 1.01. The van der Waals surface area contributed by atoms with Gasteiger partial charge >= 0.3 is 6.03 Å². The Morgan fingerprint density at radius 2 is 1.77 bits per heavy atom. The lowest BCUT2D eigenvalue weighted by Crippen LogP contribution is -2.43. The molecule has 9 heteroatoms. The van der Waals surface area contributed by atoms with Crippen molar-refractivity contribution in [3.63, 3.8) is 0 Å². The molecular weight excluding hydrogens is 402 g/mol. The van der Waals surface area contributed by atoms with Gasteiger partial charge in [0.15, 0.2) is 11.0 Å². The van der Waals surface area contributed by atoms with Crippen LogP contribution in [0.3, 0.4) is 0 Å². The number of thioether (sulfide) groups is 1. The molecule has 2 N–H and O–H groups in total. The first kappa shape index (κ1) is 21.4. The molecule has 1 heterocycles. The number of imide groups is 1. The summed E-state index contributed by atoms with van der Waals surface area (Å²) in [4.78, 5) is 23.8. The van der Waals surface area contributed by atoms with Gasteiger partial charge in [0, 0.05) is 17.3 Å². The molecular formula is C21H23N5O3S. The summed E-state index contributed by atoms with van der Waals surface area (Å²) in [6.07, 6.45) is 0. The molecule has 0 radical (unpaired) electrons. The molecule has 3 aromatic rings. The van der Waals surface area contributed by atoms with Crippen molar-refractivity contribution in [3.8, 4) is 22.8 Å². The first-order chi connectivity index (χ1) is 14.5. The van der Waals surface area contributed by atoms with Crippen LogP contribution in [0.2, 0.25) is 0 Å². The lowest BCUT2D eigenvalue weighted by molar-refractivity contribution is -0.117. The molecule has 0 unspecified atom stereocenters. The van der Waals surface area contributed by atoms with E-state index in [1.165, 1.54) is 11.8 Å². The van der Waals surface area contributed by atoms with Crippen LogP contribution in [0.15, 0.2) is 59.8 Å². The topological polar surface area (TPSA) is 98.1 Å². The Hall–Kier alpha value is -3.33. The number of ether oxygens (including phenoxy) is 1. The second-order valence-electron chi connectivity index (χ2n) is 6.67. The number of methoxy groups -OCH3 is 1. The number of carbonyl (C=O) groups is 2. The van der Waals surface area contributed by atoms with Crippen molar-refractivity contribution in [2.45, 2.75) is 25.0 Å².